The van der Waals surface area contributed by atoms with E-state index in [4.69, 9.17) is 16.3 Å². The molecule has 2 aromatic heterocycles. The number of carbonyl (C=O) groups is 1. The van der Waals surface area contributed by atoms with Gasteiger partial charge in [0, 0.05) is 49.9 Å². The standard InChI is InChI=1S/C29H26ClF3N4O3/c1-39-21-6-4-19(5-7-21)3-2-13-36-14-11-26-24(18-36)23-16-22(40-29(31,32)33)8-9-25(23)37(26)28(38)35-17-20-10-12-34-27(30)15-20/h2-10,12,15-16H,11,13-14,17-18H2,1H3,(H,35,38). The van der Waals surface area contributed by atoms with Crippen LogP contribution in [0.4, 0.5) is 18.0 Å². The molecule has 11 heteroatoms. The van der Waals surface area contributed by atoms with Gasteiger partial charge in [0.1, 0.15) is 16.7 Å². The minimum Gasteiger partial charge on any atom is -0.497 e. The molecule has 0 radical (unpaired) electrons. The third-order valence-electron chi connectivity index (χ3n) is 6.66. The molecule has 1 N–H and O–H groups in total. The molecule has 0 bridgehead atoms. The number of ether oxygens (including phenoxy) is 2. The lowest BCUT2D eigenvalue weighted by Gasteiger charge is -2.27. The summed E-state index contributed by atoms with van der Waals surface area (Å²) in [7, 11) is 1.62. The van der Waals surface area contributed by atoms with Crippen molar-refractivity contribution in [2.24, 2.45) is 0 Å². The molecule has 0 aliphatic carbocycles. The summed E-state index contributed by atoms with van der Waals surface area (Å²) in [6, 6.07) is 14.8. The van der Waals surface area contributed by atoms with Gasteiger partial charge in [0.05, 0.1) is 12.6 Å². The van der Waals surface area contributed by atoms with E-state index in [9.17, 15) is 18.0 Å². The Hall–Kier alpha value is -4.02. The molecule has 3 heterocycles. The molecule has 1 amide bonds. The van der Waals surface area contributed by atoms with Crippen LogP contribution in [0.25, 0.3) is 17.0 Å². The fourth-order valence-corrected chi connectivity index (χ4v) is 5.04. The van der Waals surface area contributed by atoms with Gasteiger partial charge in [-0.1, -0.05) is 35.9 Å². The van der Waals surface area contributed by atoms with Crippen molar-refractivity contribution in [1.29, 1.82) is 0 Å². The van der Waals surface area contributed by atoms with Gasteiger partial charge < -0.3 is 14.8 Å². The molecule has 0 spiro atoms. The van der Waals surface area contributed by atoms with Crippen LogP contribution in [-0.4, -0.2) is 47.0 Å². The summed E-state index contributed by atoms with van der Waals surface area (Å²) in [5.41, 5.74) is 3.87. The average Bonchev–Trinajstić information content (AvgIpc) is 3.24. The lowest BCUT2D eigenvalue weighted by atomic mass is 10.0. The third kappa shape index (κ3) is 6.40. The highest BCUT2D eigenvalue weighted by Crippen LogP contribution is 2.35. The zero-order chi connectivity index (χ0) is 28.3. The van der Waals surface area contributed by atoms with E-state index in [1.165, 1.54) is 18.2 Å². The Labute approximate surface area is 233 Å². The second kappa shape index (κ2) is 11.6. The largest absolute Gasteiger partial charge is 0.573 e. The summed E-state index contributed by atoms with van der Waals surface area (Å²) >= 11 is 5.95. The Balaban J connectivity index is 1.40. The molecule has 2 aromatic carbocycles. The predicted molar refractivity (Wildman–Crippen MR) is 147 cm³/mol. The van der Waals surface area contributed by atoms with Gasteiger partial charge in [-0.05, 0) is 59.2 Å². The van der Waals surface area contributed by atoms with Crippen molar-refractivity contribution in [3.05, 3.63) is 94.4 Å². The molecule has 40 heavy (non-hydrogen) atoms. The van der Waals surface area contributed by atoms with Gasteiger partial charge in [-0.3, -0.25) is 9.47 Å². The number of alkyl halides is 3. The molecule has 0 saturated heterocycles. The number of nitrogens with one attached hydrogen (secondary N) is 1. The van der Waals surface area contributed by atoms with Crippen molar-refractivity contribution in [1.82, 2.24) is 19.8 Å². The maximum Gasteiger partial charge on any atom is 0.573 e. The predicted octanol–water partition coefficient (Wildman–Crippen LogP) is 6.43. The normalized spacial score (nSPS) is 13.9. The quantitative estimate of drug-likeness (QED) is 0.260. The van der Waals surface area contributed by atoms with Crippen molar-refractivity contribution in [2.45, 2.75) is 25.9 Å². The van der Waals surface area contributed by atoms with Gasteiger partial charge in [-0.15, -0.1) is 13.2 Å². The van der Waals surface area contributed by atoms with E-state index in [-0.39, 0.29) is 18.3 Å². The van der Waals surface area contributed by atoms with E-state index in [2.05, 4.69) is 19.9 Å². The maximum atomic E-state index is 13.4. The number of hydrogen-bond donors (Lipinski definition) is 1. The topological polar surface area (TPSA) is 68.6 Å². The SMILES string of the molecule is COc1ccc(C=CCN2CCc3c(c4cc(OC(F)(F)F)ccc4n3C(=O)NCc3ccnc(Cl)c3)C2)cc1. The highest BCUT2D eigenvalue weighted by molar-refractivity contribution is 6.29. The first-order valence-corrected chi connectivity index (χ1v) is 12.9. The monoisotopic (exact) mass is 570 g/mol. The molecule has 0 atom stereocenters. The number of benzene rings is 2. The Morgan fingerprint density at radius 2 is 1.90 bits per heavy atom. The van der Waals surface area contributed by atoms with Gasteiger partial charge in [0.2, 0.25) is 0 Å². The van der Waals surface area contributed by atoms with E-state index < -0.39 is 6.36 Å². The van der Waals surface area contributed by atoms with Crippen LogP contribution >= 0.6 is 11.6 Å². The summed E-state index contributed by atoms with van der Waals surface area (Å²) in [6.07, 6.45) is 1.32. The molecule has 4 aromatic rings. The molecule has 5 rings (SSSR count). The van der Waals surface area contributed by atoms with Crippen molar-refractivity contribution >= 4 is 34.6 Å². The molecule has 0 fully saturated rings. The lowest BCUT2D eigenvalue weighted by molar-refractivity contribution is -0.274. The van der Waals surface area contributed by atoms with Crippen LogP contribution in [0.15, 0.2) is 66.9 Å². The smallest absolute Gasteiger partial charge is 0.497 e. The molecular formula is C29H26ClF3N4O3. The van der Waals surface area contributed by atoms with Crippen LogP contribution in [0.1, 0.15) is 22.4 Å². The van der Waals surface area contributed by atoms with E-state index in [0.717, 1.165) is 28.1 Å². The number of pyridine rings is 1. The third-order valence-corrected chi connectivity index (χ3v) is 6.87. The number of aromatic nitrogens is 2. The van der Waals surface area contributed by atoms with E-state index in [1.807, 2.05) is 36.4 Å². The fraction of sp³-hybridized carbons (Fsp3) is 0.241. The van der Waals surface area contributed by atoms with Crippen LogP contribution in [0.2, 0.25) is 5.15 Å². The Morgan fingerprint density at radius 1 is 1.12 bits per heavy atom. The molecular weight excluding hydrogens is 545 g/mol. The number of nitrogens with zero attached hydrogens (tertiary/aromatic N) is 3. The number of fused-ring (bicyclic) bond motifs is 3. The van der Waals surface area contributed by atoms with Crippen LogP contribution in [0.3, 0.4) is 0 Å². The first kappa shape index (κ1) is 27.5. The summed E-state index contributed by atoms with van der Waals surface area (Å²) < 4.78 is 49.8. The van der Waals surface area contributed by atoms with Gasteiger partial charge in [0.25, 0.3) is 0 Å². The van der Waals surface area contributed by atoms with Gasteiger partial charge in [0.15, 0.2) is 0 Å². The fourth-order valence-electron chi connectivity index (χ4n) is 4.84. The number of methoxy groups -OCH3 is 1. The molecule has 0 saturated carbocycles. The minimum atomic E-state index is -4.82. The number of hydrogen-bond acceptors (Lipinski definition) is 5. The summed E-state index contributed by atoms with van der Waals surface area (Å²) in [5, 5.41) is 3.75. The second-order valence-electron chi connectivity index (χ2n) is 9.29. The van der Waals surface area contributed by atoms with Crippen LogP contribution in [-0.2, 0) is 19.5 Å². The Kier molecular flexibility index (Phi) is 7.99. The highest BCUT2D eigenvalue weighted by atomic mass is 35.5. The van der Waals surface area contributed by atoms with Gasteiger partial charge in [-0.2, -0.15) is 0 Å². The summed E-state index contributed by atoms with van der Waals surface area (Å²) in [5.74, 6) is 0.447. The lowest BCUT2D eigenvalue weighted by Crippen LogP contribution is -2.34. The minimum absolute atomic E-state index is 0.215. The average molecular weight is 571 g/mol. The van der Waals surface area contributed by atoms with Crippen LogP contribution in [0.5, 0.6) is 11.5 Å². The molecule has 0 unspecified atom stereocenters. The molecule has 208 valence electrons. The second-order valence-corrected chi connectivity index (χ2v) is 9.68. The van der Waals surface area contributed by atoms with Crippen molar-refractivity contribution in [3.8, 4) is 11.5 Å². The number of amides is 1. The van der Waals surface area contributed by atoms with Gasteiger partial charge >= 0.3 is 12.4 Å². The first-order valence-electron chi connectivity index (χ1n) is 12.5. The van der Waals surface area contributed by atoms with E-state index >= 15 is 0 Å². The molecule has 1 aliphatic rings. The molecule has 1 aliphatic heterocycles. The van der Waals surface area contributed by atoms with Crippen molar-refractivity contribution < 1.29 is 27.4 Å². The highest BCUT2D eigenvalue weighted by Gasteiger charge is 2.32. The first-order chi connectivity index (χ1) is 19.2. The zero-order valence-electron chi connectivity index (χ0n) is 21.5. The van der Waals surface area contributed by atoms with E-state index in [1.54, 1.807) is 30.0 Å². The Bertz CT molecular complexity index is 1550. The maximum absolute atomic E-state index is 13.4. The van der Waals surface area contributed by atoms with Crippen LogP contribution in [0, 0.1) is 0 Å². The van der Waals surface area contributed by atoms with Crippen molar-refractivity contribution in [3.63, 3.8) is 0 Å². The summed E-state index contributed by atoms with van der Waals surface area (Å²) in [4.78, 5) is 19.5. The Morgan fingerprint density at radius 3 is 2.62 bits per heavy atom. The van der Waals surface area contributed by atoms with E-state index in [0.29, 0.717) is 42.1 Å². The van der Waals surface area contributed by atoms with Gasteiger partial charge in [-0.25, -0.2) is 9.78 Å². The van der Waals surface area contributed by atoms with Crippen molar-refractivity contribution in [2.75, 3.05) is 20.2 Å². The number of carbonyl (C=O) groups excluding carboxylic acids is 1. The number of rotatable bonds is 7. The molecule has 7 nitrogen and oxygen atoms in total. The zero-order valence-corrected chi connectivity index (χ0v) is 22.3. The number of halogens is 4. The van der Waals surface area contributed by atoms with Crippen LogP contribution < -0.4 is 14.8 Å². The summed E-state index contributed by atoms with van der Waals surface area (Å²) in [6.45, 7) is 1.99.